The van der Waals surface area contributed by atoms with E-state index in [1.807, 2.05) is 0 Å². The van der Waals surface area contributed by atoms with Crippen molar-refractivity contribution in [3.05, 3.63) is 0 Å². The Morgan fingerprint density at radius 3 is 1.96 bits per heavy atom. The molecule has 1 atom stereocenters. The van der Waals surface area contributed by atoms with Gasteiger partial charge in [0, 0.05) is 5.41 Å². The quantitative estimate of drug-likeness (QED) is 0.626. The predicted octanol–water partition coefficient (Wildman–Crippen LogP) is 0.851. The first-order valence-corrected chi connectivity index (χ1v) is 7.80. The van der Waals surface area contributed by atoms with E-state index in [1.165, 1.54) is 0 Å². The lowest BCUT2D eigenvalue weighted by Gasteiger charge is -2.22. The Morgan fingerprint density at radius 2 is 1.61 bits per heavy atom. The molecule has 3 N–H and O–H groups in total. The van der Waals surface area contributed by atoms with Crippen molar-refractivity contribution in [3.8, 4) is 0 Å². The molecular weight excluding hydrogens is 300 g/mol. The maximum atomic E-state index is 11.7. The van der Waals surface area contributed by atoms with Crippen molar-refractivity contribution in [2.75, 3.05) is 19.8 Å². The second-order valence-corrected chi connectivity index (χ2v) is 6.71. The maximum Gasteiger partial charge on any atom is 0.325 e. The monoisotopic (exact) mass is 332 g/mol. The van der Waals surface area contributed by atoms with Crippen LogP contribution in [0.2, 0.25) is 0 Å². The van der Waals surface area contributed by atoms with Crippen molar-refractivity contribution in [2.24, 2.45) is 11.3 Å². The molecule has 0 bridgehead atoms. The fourth-order valence-corrected chi connectivity index (χ4v) is 1.06. The second kappa shape index (κ2) is 11.9. The summed E-state index contributed by atoms with van der Waals surface area (Å²) in [6.07, 6.45) is 0. The van der Waals surface area contributed by atoms with E-state index < -0.39 is 29.9 Å². The highest BCUT2D eigenvalue weighted by molar-refractivity contribution is 5.91. The molecule has 2 amide bonds. The van der Waals surface area contributed by atoms with Crippen molar-refractivity contribution >= 4 is 17.8 Å². The molecule has 0 rings (SSSR count). The number of carbonyl (C=O) groups excluding carboxylic acids is 3. The molecular formula is C16H32N2O5. The number of ether oxygens (including phenoxy) is 1. The van der Waals surface area contributed by atoms with E-state index in [0.717, 1.165) is 5.92 Å². The van der Waals surface area contributed by atoms with Crippen LogP contribution in [-0.2, 0) is 19.1 Å². The van der Waals surface area contributed by atoms with E-state index in [4.69, 9.17) is 5.11 Å². The summed E-state index contributed by atoms with van der Waals surface area (Å²) in [5.41, 5.74) is -0.672. The van der Waals surface area contributed by atoms with Crippen molar-refractivity contribution in [2.45, 2.75) is 54.5 Å². The average molecular weight is 332 g/mol. The third kappa shape index (κ3) is 13.7. The summed E-state index contributed by atoms with van der Waals surface area (Å²) in [4.78, 5) is 34.4. The Morgan fingerprint density at radius 1 is 1.13 bits per heavy atom. The van der Waals surface area contributed by atoms with Crippen molar-refractivity contribution in [1.29, 1.82) is 0 Å². The van der Waals surface area contributed by atoms with Crippen LogP contribution < -0.4 is 10.6 Å². The first-order chi connectivity index (χ1) is 10.4. The highest BCUT2D eigenvalue weighted by Gasteiger charge is 2.27. The van der Waals surface area contributed by atoms with E-state index >= 15 is 0 Å². The van der Waals surface area contributed by atoms with Gasteiger partial charge in [0.25, 0.3) is 0 Å². The van der Waals surface area contributed by atoms with Gasteiger partial charge in [-0.25, -0.2) is 0 Å². The molecule has 7 nitrogen and oxygen atoms in total. The fraction of sp³-hybridized carbons (Fsp3) is 0.812. The van der Waals surface area contributed by atoms with E-state index in [0.29, 0.717) is 0 Å². The van der Waals surface area contributed by atoms with E-state index in [-0.39, 0.29) is 19.1 Å². The molecule has 0 spiro atoms. The first kappa shape index (κ1) is 23.6. The lowest BCUT2D eigenvalue weighted by Crippen LogP contribution is -2.52. The number of nitrogens with one attached hydrogen (secondary N) is 2. The zero-order valence-corrected chi connectivity index (χ0v) is 15.4. The van der Waals surface area contributed by atoms with Crippen molar-refractivity contribution in [1.82, 2.24) is 10.6 Å². The molecule has 0 aliphatic heterocycles. The van der Waals surface area contributed by atoms with Crippen LogP contribution in [0, 0.1) is 11.3 Å². The lowest BCUT2D eigenvalue weighted by atomic mass is 9.95. The number of amides is 2. The number of carbonyl (C=O) groups is 3. The summed E-state index contributed by atoms with van der Waals surface area (Å²) in [5.74, 6) is -0.735. The van der Waals surface area contributed by atoms with Crippen LogP contribution in [0.25, 0.3) is 0 Å². The van der Waals surface area contributed by atoms with Gasteiger partial charge in [0.1, 0.15) is 12.6 Å². The Bertz CT molecular complexity index is 372. The molecule has 0 saturated heterocycles. The van der Waals surface area contributed by atoms with Crippen LogP contribution in [0.3, 0.4) is 0 Å². The summed E-state index contributed by atoms with van der Waals surface area (Å²) in [6.45, 7) is 12.6. The molecule has 0 aromatic carbocycles. The second-order valence-electron chi connectivity index (χ2n) is 6.71. The topological polar surface area (TPSA) is 105 Å². The van der Waals surface area contributed by atoms with Gasteiger partial charge in [-0.05, 0) is 12.8 Å². The summed E-state index contributed by atoms with van der Waals surface area (Å²) >= 11 is 0. The Hall–Kier alpha value is -1.63. The normalized spacial score (nSPS) is 11.9. The number of aliphatic hydroxyl groups excluding tert-OH is 1. The number of aliphatic hydroxyl groups is 1. The number of rotatable bonds is 6. The smallest absolute Gasteiger partial charge is 0.325 e. The minimum atomic E-state index is -1.08. The molecule has 23 heavy (non-hydrogen) atoms. The Kier molecular flexibility index (Phi) is 12.2. The summed E-state index contributed by atoms with van der Waals surface area (Å²) in [6, 6.07) is -1.08. The Balaban J connectivity index is 0. The third-order valence-electron chi connectivity index (χ3n) is 2.20. The number of hydrogen-bond acceptors (Lipinski definition) is 5. The van der Waals surface area contributed by atoms with Crippen LogP contribution in [0.4, 0.5) is 0 Å². The van der Waals surface area contributed by atoms with Crippen LogP contribution >= 0.6 is 0 Å². The molecule has 0 radical (unpaired) electrons. The minimum absolute atomic E-state index is 0.221. The molecule has 0 fully saturated rings. The van der Waals surface area contributed by atoms with Crippen LogP contribution in [0.1, 0.15) is 48.5 Å². The molecule has 0 saturated carbocycles. The highest BCUT2D eigenvalue weighted by Crippen LogP contribution is 2.12. The highest BCUT2D eigenvalue weighted by atomic mass is 16.5. The van der Waals surface area contributed by atoms with Crippen LogP contribution in [-0.4, -0.2) is 48.7 Å². The maximum absolute atomic E-state index is 11.7. The van der Waals surface area contributed by atoms with Gasteiger partial charge in [-0.1, -0.05) is 41.5 Å². The molecule has 1 unspecified atom stereocenters. The van der Waals surface area contributed by atoms with Gasteiger partial charge in [0.05, 0.1) is 13.2 Å². The van der Waals surface area contributed by atoms with Gasteiger partial charge >= 0.3 is 5.97 Å². The molecule has 0 aromatic heterocycles. The van der Waals surface area contributed by atoms with Gasteiger partial charge in [-0.3, -0.25) is 14.4 Å². The molecule has 136 valence electrons. The fourth-order valence-electron chi connectivity index (χ4n) is 1.06. The van der Waals surface area contributed by atoms with Gasteiger partial charge in [-0.15, -0.1) is 0 Å². The van der Waals surface area contributed by atoms with E-state index in [2.05, 4.69) is 36.1 Å². The molecule has 0 aliphatic rings. The summed E-state index contributed by atoms with van der Waals surface area (Å²) in [5, 5.41) is 13.8. The minimum Gasteiger partial charge on any atom is -0.465 e. The average Bonchev–Trinajstić information content (AvgIpc) is 2.40. The van der Waals surface area contributed by atoms with E-state index in [9.17, 15) is 14.4 Å². The Labute approximate surface area is 139 Å². The van der Waals surface area contributed by atoms with Gasteiger partial charge in [0.15, 0.2) is 0 Å². The van der Waals surface area contributed by atoms with Gasteiger partial charge < -0.3 is 20.5 Å². The zero-order chi connectivity index (χ0) is 18.6. The van der Waals surface area contributed by atoms with Crippen LogP contribution in [0.5, 0.6) is 0 Å². The third-order valence-corrected chi connectivity index (χ3v) is 2.20. The molecule has 0 aliphatic carbocycles. The largest absolute Gasteiger partial charge is 0.465 e. The van der Waals surface area contributed by atoms with Crippen molar-refractivity contribution in [3.63, 3.8) is 0 Å². The van der Waals surface area contributed by atoms with Crippen molar-refractivity contribution < 1.29 is 24.2 Å². The summed E-state index contributed by atoms with van der Waals surface area (Å²) in [7, 11) is 0. The molecule has 0 heterocycles. The standard InChI is InChI=1S/C12H22N2O5.C4H10/c1-5-19-9(16)6-13-10(17)8(7-15)14-11(18)12(2,3)4;1-4(2)3/h8,15H,5-7H2,1-4H3,(H,13,17)(H,14,18);4H,1-3H3. The molecule has 0 aromatic rings. The predicted molar refractivity (Wildman–Crippen MR) is 88.6 cm³/mol. The number of hydrogen-bond donors (Lipinski definition) is 3. The number of esters is 1. The SMILES string of the molecule is CC(C)C.CCOC(=O)CNC(=O)C(CO)NC(=O)C(C)(C)C. The summed E-state index contributed by atoms with van der Waals surface area (Å²) < 4.78 is 4.64. The lowest BCUT2D eigenvalue weighted by molar-refractivity contribution is -0.143. The van der Waals surface area contributed by atoms with E-state index in [1.54, 1.807) is 27.7 Å². The zero-order valence-electron chi connectivity index (χ0n) is 15.4. The van der Waals surface area contributed by atoms with Gasteiger partial charge in [-0.2, -0.15) is 0 Å². The first-order valence-electron chi connectivity index (χ1n) is 7.80. The molecule has 7 heteroatoms. The van der Waals surface area contributed by atoms with Gasteiger partial charge in [0.2, 0.25) is 11.8 Å². The van der Waals surface area contributed by atoms with Crippen LogP contribution in [0.15, 0.2) is 0 Å².